The minimum absolute atomic E-state index is 0.920. The van der Waals surface area contributed by atoms with Gasteiger partial charge in [-0.1, -0.05) is 0 Å². The van der Waals surface area contributed by atoms with Crippen LogP contribution in [0.3, 0.4) is 0 Å². The minimum atomic E-state index is -2.79. The van der Waals surface area contributed by atoms with Gasteiger partial charge in [0.15, 0.2) is 0 Å². The lowest BCUT2D eigenvalue weighted by molar-refractivity contribution is -0.160. The highest BCUT2D eigenvalue weighted by Gasteiger charge is 2.28. The van der Waals surface area contributed by atoms with Gasteiger partial charge < -0.3 is 10.2 Å². The predicted octanol–water partition coefficient (Wildman–Crippen LogP) is -1.22. The summed E-state index contributed by atoms with van der Waals surface area (Å²) >= 11 is 0. The molecule has 0 heterocycles. The second kappa shape index (κ2) is 1.90. The van der Waals surface area contributed by atoms with Crippen LogP contribution >= 0.6 is 0 Å². The van der Waals surface area contributed by atoms with Crippen LogP contribution in [0.1, 0.15) is 6.92 Å². The molecule has 0 aromatic heterocycles. The van der Waals surface area contributed by atoms with Crippen molar-refractivity contribution in [1.82, 2.24) is 0 Å². The van der Waals surface area contributed by atoms with Gasteiger partial charge in [-0.15, -0.1) is 0 Å². The van der Waals surface area contributed by atoms with Crippen LogP contribution in [0.4, 0.5) is 0 Å². The standard InChI is InChI=1S/C4H5NO3/c1-3(6)4(7,8)2-5/h7-8H,1H3. The Kier molecular flexibility index (Phi) is 1.68. The first-order valence-electron chi connectivity index (χ1n) is 1.87. The van der Waals surface area contributed by atoms with Crippen LogP contribution in [0.15, 0.2) is 0 Å². The molecule has 0 aliphatic rings. The van der Waals surface area contributed by atoms with E-state index in [-0.39, 0.29) is 0 Å². The average molecular weight is 115 g/mol. The first-order chi connectivity index (χ1) is 3.50. The molecule has 0 aliphatic heterocycles. The van der Waals surface area contributed by atoms with Gasteiger partial charge in [-0.05, 0) is 0 Å². The van der Waals surface area contributed by atoms with Gasteiger partial charge in [0.1, 0.15) is 6.07 Å². The summed E-state index contributed by atoms with van der Waals surface area (Å²) in [4.78, 5) is 9.97. The minimum Gasteiger partial charge on any atom is -0.348 e. The van der Waals surface area contributed by atoms with Crippen LogP contribution in [-0.2, 0) is 4.79 Å². The first kappa shape index (κ1) is 7.08. The van der Waals surface area contributed by atoms with Gasteiger partial charge in [0.2, 0.25) is 5.78 Å². The van der Waals surface area contributed by atoms with Crippen molar-refractivity contribution in [3.05, 3.63) is 0 Å². The van der Waals surface area contributed by atoms with Crippen LogP contribution < -0.4 is 0 Å². The number of ketones is 1. The van der Waals surface area contributed by atoms with E-state index in [2.05, 4.69) is 0 Å². The molecule has 44 valence electrons. The number of aliphatic hydroxyl groups is 2. The van der Waals surface area contributed by atoms with Gasteiger partial charge in [-0.2, -0.15) is 5.26 Å². The molecular weight excluding hydrogens is 110 g/mol. The zero-order valence-electron chi connectivity index (χ0n) is 4.25. The van der Waals surface area contributed by atoms with E-state index >= 15 is 0 Å². The predicted molar refractivity (Wildman–Crippen MR) is 23.5 cm³/mol. The Hall–Kier alpha value is -0.920. The summed E-state index contributed by atoms with van der Waals surface area (Å²) in [7, 11) is 0. The highest BCUT2D eigenvalue weighted by Crippen LogP contribution is 1.95. The molecule has 0 unspecified atom stereocenters. The number of hydrogen-bond donors (Lipinski definition) is 2. The maximum Gasteiger partial charge on any atom is 0.315 e. The molecule has 0 aliphatic carbocycles. The van der Waals surface area contributed by atoms with Crippen molar-refractivity contribution in [3.63, 3.8) is 0 Å². The Labute approximate surface area is 46.0 Å². The molecule has 0 aromatic carbocycles. The van der Waals surface area contributed by atoms with Crippen molar-refractivity contribution in [1.29, 1.82) is 5.26 Å². The van der Waals surface area contributed by atoms with Crippen molar-refractivity contribution >= 4 is 5.78 Å². The number of nitrogens with zero attached hydrogens (tertiary/aromatic N) is 1. The Morgan fingerprint density at radius 3 is 2.12 bits per heavy atom. The van der Waals surface area contributed by atoms with Crippen LogP contribution in [0, 0.1) is 11.3 Å². The zero-order chi connectivity index (χ0) is 6.78. The van der Waals surface area contributed by atoms with Crippen LogP contribution in [0.5, 0.6) is 0 Å². The molecule has 0 saturated heterocycles. The average Bonchev–Trinajstić information content (AvgIpc) is 1.67. The highest BCUT2D eigenvalue weighted by molar-refractivity contribution is 5.85. The molecule has 8 heavy (non-hydrogen) atoms. The third-order valence-electron chi connectivity index (χ3n) is 0.647. The maximum absolute atomic E-state index is 9.97. The molecule has 0 radical (unpaired) electrons. The van der Waals surface area contributed by atoms with Crippen molar-refractivity contribution < 1.29 is 15.0 Å². The van der Waals surface area contributed by atoms with Gasteiger partial charge in [-0.25, -0.2) is 0 Å². The molecule has 2 N–H and O–H groups in total. The number of nitriles is 1. The van der Waals surface area contributed by atoms with Crippen LogP contribution in [0.2, 0.25) is 0 Å². The molecule has 0 bridgehead atoms. The summed E-state index contributed by atoms with van der Waals surface area (Å²) in [6, 6.07) is 1.00. The Bertz CT molecular complexity index is 144. The van der Waals surface area contributed by atoms with E-state index in [0.717, 1.165) is 13.0 Å². The lowest BCUT2D eigenvalue weighted by Gasteiger charge is -2.04. The maximum atomic E-state index is 9.97. The molecule has 0 fully saturated rings. The van der Waals surface area contributed by atoms with Gasteiger partial charge in [0.25, 0.3) is 0 Å². The molecule has 0 amide bonds. The third-order valence-corrected chi connectivity index (χ3v) is 0.647. The summed E-state index contributed by atoms with van der Waals surface area (Å²) in [6.07, 6.45) is 0. The van der Waals surface area contributed by atoms with E-state index in [1.807, 2.05) is 0 Å². The van der Waals surface area contributed by atoms with Crippen LogP contribution in [0.25, 0.3) is 0 Å². The summed E-state index contributed by atoms with van der Waals surface area (Å²) < 4.78 is 0. The third kappa shape index (κ3) is 1.30. The quantitative estimate of drug-likeness (QED) is 0.331. The number of carbonyl (C=O) groups is 1. The van der Waals surface area contributed by atoms with Gasteiger partial charge in [-0.3, -0.25) is 4.79 Å². The molecule has 0 spiro atoms. The molecule has 4 nitrogen and oxygen atoms in total. The highest BCUT2D eigenvalue weighted by atomic mass is 16.5. The van der Waals surface area contributed by atoms with Crippen LogP contribution in [-0.4, -0.2) is 21.8 Å². The zero-order valence-corrected chi connectivity index (χ0v) is 4.25. The van der Waals surface area contributed by atoms with E-state index in [0.29, 0.717) is 0 Å². The Morgan fingerprint density at radius 1 is 1.75 bits per heavy atom. The van der Waals surface area contributed by atoms with Crippen molar-refractivity contribution in [2.45, 2.75) is 12.7 Å². The van der Waals surface area contributed by atoms with E-state index in [4.69, 9.17) is 15.5 Å². The molecule has 0 rings (SSSR count). The van der Waals surface area contributed by atoms with E-state index < -0.39 is 11.6 Å². The summed E-state index contributed by atoms with van der Waals surface area (Å²) in [5.41, 5.74) is 0. The Balaban J connectivity index is 4.19. The number of rotatable bonds is 1. The SMILES string of the molecule is CC(=O)C(O)(O)C#N. The summed E-state index contributed by atoms with van der Waals surface area (Å²) in [5, 5.41) is 24.3. The first-order valence-corrected chi connectivity index (χ1v) is 1.87. The summed E-state index contributed by atoms with van der Waals surface area (Å²) in [6.45, 7) is 0.920. The van der Waals surface area contributed by atoms with E-state index in [9.17, 15) is 4.79 Å². The number of Topliss-reactive ketones (excluding diaryl/α,β-unsaturated/α-hetero) is 1. The van der Waals surface area contributed by atoms with E-state index in [1.165, 1.54) is 0 Å². The fourth-order valence-corrected chi connectivity index (χ4v) is 0.0787. The van der Waals surface area contributed by atoms with Gasteiger partial charge in [0, 0.05) is 6.92 Å². The Morgan fingerprint density at radius 2 is 2.12 bits per heavy atom. The van der Waals surface area contributed by atoms with E-state index in [1.54, 1.807) is 0 Å². The smallest absolute Gasteiger partial charge is 0.315 e. The number of carbonyl (C=O) groups excluding carboxylic acids is 1. The fraction of sp³-hybridized carbons (Fsp3) is 0.500. The molecule has 0 aromatic rings. The van der Waals surface area contributed by atoms with Crippen molar-refractivity contribution in [2.75, 3.05) is 0 Å². The topological polar surface area (TPSA) is 81.3 Å². The normalized spacial score (nSPS) is 10.2. The second-order valence-electron chi connectivity index (χ2n) is 1.34. The van der Waals surface area contributed by atoms with Gasteiger partial charge in [0.05, 0.1) is 0 Å². The fourth-order valence-electron chi connectivity index (χ4n) is 0.0787. The lowest BCUT2D eigenvalue weighted by atomic mass is 10.2. The molecular formula is C4H5NO3. The second-order valence-corrected chi connectivity index (χ2v) is 1.34. The van der Waals surface area contributed by atoms with Crippen molar-refractivity contribution in [3.8, 4) is 6.07 Å². The molecule has 0 atom stereocenters. The summed E-state index contributed by atoms with van der Waals surface area (Å²) in [5.74, 6) is -3.76. The largest absolute Gasteiger partial charge is 0.348 e. The van der Waals surface area contributed by atoms with Gasteiger partial charge >= 0.3 is 5.79 Å². The lowest BCUT2D eigenvalue weighted by Crippen LogP contribution is -2.34. The molecule has 4 heteroatoms. The number of hydrogen-bond acceptors (Lipinski definition) is 4. The van der Waals surface area contributed by atoms with Crippen molar-refractivity contribution in [2.24, 2.45) is 0 Å². The monoisotopic (exact) mass is 115 g/mol. The molecule has 0 saturated carbocycles.